The highest BCUT2D eigenvalue weighted by Gasteiger charge is 2.28. The van der Waals surface area contributed by atoms with Crippen molar-refractivity contribution in [2.24, 2.45) is 7.05 Å². The molecule has 1 saturated heterocycles. The fourth-order valence-electron chi connectivity index (χ4n) is 3.78. The molecule has 2 N–H and O–H groups in total. The van der Waals surface area contributed by atoms with E-state index in [1.807, 2.05) is 12.1 Å². The van der Waals surface area contributed by atoms with Gasteiger partial charge in [-0.2, -0.15) is 5.10 Å². The van der Waals surface area contributed by atoms with E-state index in [-0.39, 0.29) is 17.5 Å². The second kappa shape index (κ2) is 8.85. The van der Waals surface area contributed by atoms with E-state index in [9.17, 15) is 9.59 Å². The van der Waals surface area contributed by atoms with Crippen LogP contribution in [0.2, 0.25) is 0 Å². The standard InChI is InChI=1S/C22H24N8O3/c1-29-12-18(19(28-29)21(31)30-8-2-3-9-30)27-22(32)33-20-17(25-15-10-23-13-24-11-15)7-6-16(26-20)14-4-5-14/h6-7,10-14,25H,2-5,8-9H2,1H3,(H,27,32). The van der Waals surface area contributed by atoms with Gasteiger partial charge in [0, 0.05) is 37.9 Å². The summed E-state index contributed by atoms with van der Waals surface area (Å²) in [6, 6.07) is 3.74. The Kier molecular flexibility index (Phi) is 5.59. The molecule has 1 aliphatic heterocycles. The Labute approximate surface area is 190 Å². The third-order valence-corrected chi connectivity index (χ3v) is 5.57. The van der Waals surface area contributed by atoms with E-state index >= 15 is 0 Å². The van der Waals surface area contributed by atoms with Crippen molar-refractivity contribution in [2.75, 3.05) is 23.7 Å². The van der Waals surface area contributed by atoms with Gasteiger partial charge in [-0.05, 0) is 37.8 Å². The van der Waals surface area contributed by atoms with Gasteiger partial charge in [-0.1, -0.05) is 0 Å². The number of rotatable bonds is 6. The third-order valence-electron chi connectivity index (χ3n) is 5.57. The maximum atomic E-state index is 12.8. The number of hydrogen-bond donors (Lipinski definition) is 2. The predicted molar refractivity (Wildman–Crippen MR) is 120 cm³/mol. The SMILES string of the molecule is Cn1cc(NC(=O)Oc2nc(C3CC3)ccc2Nc2cncnc2)c(C(=O)N2CCCC2)n1. The topological polar surface area (TPSA) is 127 Å². The zero-order valence-electron chi connectivity index (χ0n) is 18.2. The molecule has 1 aliphatic carbocycles. The number of pyridine rings is 1. The third kappa shape index (κ3) is 4.76. The molecule has 11 nitrogen and oxygen atoms in total. The van der Waals surface area contributed by atoms with E-state index in [1.54, 1.807) is 30.5 Å². The lowest BCUT2D eigenvalue weighted by atomic mass is 10.2. The van der Waals surface area contributed by atoms with Gasteiger partial charge in [0.25, 0.3) is 5.91 Å². The van der Waals surface area contributed by atoms with Gasteiger partial charge in [0.15, 0.2) is 5.69 Å². The molecule has 0 bridgehead atoms. The minimum atomic E-state index is -0.758. The maximum absolute atomic E-state index is 12.8. The van der Waals surface area contributed by atoms with Gasteiger partial charge in [0.1, 0.15) is 12.0 Å². The van der Waals surface area contributed by atoms with Crippen molar-refractivity contribution >= 4 is 29.1 Å². The normalized spacial score (nSPS) is 15.4. The molecule has 2 aliphatic rings. The second-order valence-corrected chi connectivity index (χ2v) is 8.19. The van der Waals surface area contributed by atoms with Crippen LogP contribution in [-0.2, 0) is 7.05 Å². The Balaban J connectivity index is 1.35. The van der Waals surface area contributed by atoms with E-state index in [0.29, 0.717) is 36.1 Å². The molecule has 0 unspecified atom stereocenters. The van der Waals surface area contributed by atoms with Gasteiger partial charge >= 0.3 is 6.09 Å². The lowest BCUT2D eigenvalue weighted by Gasteiger charge is -2.15. The Morgan fingerprint density at radius 3 is 2.58 bits per heavy atom. The van der Waals surface area contributed by atoms with Crippen LogP contribution in [0.25, 0.3) is 0 Å². The van der Waals surface area contributed by atoms with Crippen molar-refractivity contribution in [2.45, 2.75) is 31.6 Å². The second-order valence-electron chi connectivity index (χ2n) is 8.19. The van der Waals surface area contributed by atoms with E-state index in [4.69, 9.17) is 4.74 Å². The lowest BCUT2D eigenvalue weighted by molar-refractivity contribution is 0.0787. The average molecular weight is 448 g/mol. The quantitative estimate of drug-likeness (QED) is 0.589. The Bertz CT molecular complexity index is 1170. The van der Waals surface area contributed by atoms with Crippen molar-refractivity contribution in [3.63, 3.8) is 0 Å². The number of hydrogen-bond acceptors (Lipinski definition) is 8. The summed E-state index contributed by atoms with van der Waals surface area (Å²) >= 11 is 0. The zero-order chi connectivity index (χ0) is 22.8. The first-order valence-corrected chi connectivity index (χ1v) is 10.9. The highest BCUT2D eigenvalue weighted by atomic mass is 16.6. The molecule has 2 amide bonds. The van der Waals surface area contributed by atoms with Crippen LogP contribution >= 0.6 is 0 Å². The molecule has 5 rings (SSSR count). The van der Waals surface area contributed by atoms with E-state index in [0.717, 1.165) is 31.4 Å². The Hall–Kier alpha value is -4.02. The maximum Gasteiger partial charge on any atom is 0.418 e. The highest BCUT2D eigenvalue weighted by Crippen LogP contribution is 2.41. The van der Waals surface area contributed by atoms with Crippen LogP contribution in [0.4, 0.5) is 21.9 Å². The molecule has 170 valence electrons. The van der Waals surface area contributed by atoms with Crippen LogP contribution in [0.15, 0.2) is 37.1 Å². The summed E-state index contributed by atoms with van der Waals surface area (Å²) in [5, 5.41) is 10.0. The number of carbonyl (C=O) groups is 2. The fraction of sp³-hybridized carbons (Fsp3) is 0.364. The molecule has 2 fully saturated rings. The summed E-state index contributed by atoms with van der Waals surface area (Å²) in [4.78, 5) is 39.9. The number of amides is 2. The zero-order valence-corrected chi connectivity index (χ0v) is 18.2. The molecule has 11 heteroatoms. The molecular weight excluding hydrogens is 424 g/mol. The lowest BCUT2D eigenvalue weighted by Crippen LogP contribution is -2.29. The number of aromatic nitrogens is 5. The van der Waals surface area contributed by atoms with Gasteiger partial charge in [-0.15, -0.1) is 0 Å². The molecule has 0 radical (unpaired) electrons. The molecule has 0 spiro atoms. The first kappa shape index (κ1) is 20.9. The Morgan fingerprint density at radius 1 is 1.09 bits per heavy atom. The van der Waals surface area contributed by atoms with Gasteiger partial charge in [0.2, 0.25) is 5.88 Å². The van der Waals surface area contributed by atoms with Crippen LogP contribution in [0.5, 0.6) is 5.88 Å². The van der Waals surface area contributed by atoms with E-state index in [2.05, 4.69) is 30.7 Å². The van der Waals surface area contributed by atoms with Gasteiger partial charge in [0.05, 0.1) is 23.8 Å². The molecular formula is C22H24N8O3. The van der Waals surface area contributed by atoms with Crippen LogP contribution in [0, 0.1) is 0 Å². The van der Waals surface area contributed by atoms with Crippen LogP contribution in [-0.4, -0.2) is 54.7 Å². The van der Waals surface area contributed by atoms with Crippen LogP contribution < -0.4 is 15.4 Å². The molecule has 3 aromatic heterocycles. The molecule has 1 saturated carbocycles. The predicted octanol–water partition coefficient (Wildman–Crippen LogP) is 3.07. The minimum absolute atomic E-state index is 0.136. The smallest absolute Gasteiger partial charge is 0.389 e. The number of carbonyl (C=O) groups excluding carboxylic acids is 2. The molecule has 0 aromatic carbocycles. The number of nitrogens with zero attached hydrogens (tertiary/aromatic N) is 6. The highest BCUT2D eigenvalue weighted by molar-refractivity contribution is 6.01. The molecule has 33 heavy (non-hydrogen) atoms. The fourth-order valence-corrected chi connectivity index (χ4v) is 3.78. The summed E-state index contributed by atoms with van der Waals surface area (Å²) in [6.07, 6.45) is 9.54. The van der Waals surface area contributed by atoms with Crippen molar-refractivity contribution in [3.8, 4) is 5.88 Å². The van der Waals surface area contributed by atoms with Gasteiger partial charge < -0.3 is 15.0 Å². The van der Waals surface area contributed by atoms with Gasteiger partial charge in [-0.3, -0.25) is 14.8 Å². The largest absolute Gasteiger partial charge is 0.418 e. The number of nitrogens with one attached hydrogen (secondary N) is 2. The number of likely N-dealkylation sites (tertiary alicyclic amines) is 1. The van der Waals surface area contributed by atoms with E-state index < -0.39 is 6.09 Å². The average Bonchev–Trinajstić information content (AvgIpc) is 3.38. The summed E-state index contributed by atoms with van der Waals surface area (Å²) in [6.45, 7) is 1.38. The van der Waals surface area contributed by atoms with Crippen LogP contribution in [0.3, 0.4) is 0 Å². The van der Waals surface area contributed by atoms with Crippen molar-refractivity contribution in [1.82, 2.24) is 29.6 Å². The van der Waals surface area contributed by atoms with Crippen molar-refractivity contribution in [3.05, 3.63) is 48.4 Å². The first-order chi connectivity index (χ1) is 16.1. The number of aryl methyl sites for hydroxylation is 1. The minimum Gasteiger partial charge on any atom is -0.389 e. The number of anilines is 3. The monoisotopic (exact) mass is 448 g/mol. The molecule has 3 aromatic rings. The van der Waals surface area contributed by atoms with E-state index in [1.165, 1.54) is 11.0 Å². The molecule has 0 atom stereocenters. The summed E-state index contributed by atoms with van der Waals surface area (Å²) in [5.74, 6) is 0.313. The summed E-state index contributed by atoms with van der Waals surface area (Å²) in [5.41, 5.74) is 2.50. The van der Waals surface area contributed by atoms with Crippen molar-refractivity contribution < 1.29 is 14.3 Å². The number of ether oxygens (including phenoxy) is 1. The van der Waals surface area contributed by atoms with Crippen molar-refractivity contribution in [1.29, 1.82) is 0 Å². The van der Waals surface area contributed by atoms with Gasteiger partial charge in [-0.25, -0.2) is 19.7 Å². The first-order valence-electron chi connectivity index (χ1n) is 10.9. The molecule has 4 heterocycles. The van der Waals surface area contributed by atoms with Crippen LogP contribution in [0.1, 0.15) is 47.8 Å². The Morgan fingerprint density at radius 2 is 1.85 bits per heavy atom. The summed E-state index contributed by atoms with van der Waals surface area (Å²) < 4.78 is 7.08. The summed E-state index contributed by atoms with van der Waals surface area (Å²) in [7, 11) is 1.70.